The molecule has 0 aromatic carbocycles. The monoisotopic (exact) mass is 240 g/mol. The fourth-order valence-corrected chi connectivity index (χ4v) is 3.66. The summed E-state index contributed by atoms with van der Waals surface area (Å²) >= 11 is 1.47. The van der Waals surface area contributed by atoms with Crippen LogP contribution in [0, 0.1) is 5.92 Å². The van der Waals surface area contributed by atoms with Gasteiger partial charge in [0.1, 0.15) is 0 Å². The Morgan fingerprint density at radius 2 is 2.33 bits per heavy atom. The van der Waals surface area contributed by atoms with E-state index < -0.39 is 10.8 Å². The van der Waals surface area contributed by atoms with Crippen molar-refractivity contribution in [1.29, 1.82) is 0 Å². The summed E-state index contributed by atoms with van der Waals surface area (Å²) in [4.78, 5) is 8.40. The van der Waals surface area contributed by atoms with Gasteiger partial charge in [0.15, 0.2) is 9.99 Å². The van der Waals surface area contributed by atoms with Crippen LogP contribution >= 0.6 is 11.3 Å². The number of aromatic nitrogens is 2. The summed E-state index contributed by atoms with van der Waals surface area (Å²) < 4.78 is 13.6. The van der Waals surface area contributed by atoms with Gasteiger partial charge in [-0.25, -0.2) is 9.97 Å². The van der Waals surface area contributed by atoms with Crippen LogP contribution in [0.15, 0.2) is 22.7 Å². The molecule has 2 aromatic heterocycles. The molecule has 2 rings (SSSR count). The van der Waals surface area contributed by atoms with E-state index in [1.165, 1.54) is 11.3 Å². The summed E-state index contributed by atoms with van der Waals surface area (Å²) in [7, 11) is -0.979. The lowest BCUT2D eigenvalue weighted by Crippen LogP contribution is -2.04. The Morgan fingerprint density at radius 1 is 1.53 bits per heavy atom. The van der Waals surface area contributed by atoms with Crippen molar-refractivity contribution in [3.8, 4) is 0 Å². The molecule has 0 fully saturated rings. The Kier molecular flexibility index (Phi) is 3.11. The predicted octanol–water partition coefficient (Wildman–Crippen LogP) is 2.45. The van der Waals surface area contributed by atoms with Crippen LogP contribution in [0.3, 0.4) is 0 Å². The largest absolute Gasteiger partial charge is 0.252 e. The van der Waals surface area contributed by atoms with Crippen molar-refractivity contribution in [1.82, 2.24) is 9.97 Å². The zero-order valence-electron chi connectivity index (χ0n) is 8.64. The molecule has 5 heteroatoms. The Hall–Kier alpha value is -0.810. The van der Waals surface area contributed by atoms with Crippen molar-refractivity contribution in [2.45, 2.75) is 18.2 Å². The molecule has 3 nitrogen and oxygen atoms in total. The molecule has 0 aliphatic carbocycles. The number of nitrogens with zero attached hydrogens (tertiary/aromatic N) is 2. The molecule has 0 aliphatic rings. The molecular weight excluding hydrogens is 228 g/mol. The Bertz CT molecular complexity index is 460. The van der Waals surface area contributed by atoms with Crippen LogP contribution in [0.2, 0.25) is 0 Å². The van der Waals surface area contributed by atoms with E-state index in [2.05, 4.69) is 23.8 Å². The van der Waals surface area contributed by atoms with Gasteiger partial charge in [-0.2, -0.15) is 0 Å². The molecule has 80 valence electrons. The van der Waals surface area contributed by atoms with E-state index in [0.717, 1.165) is 4.70 Å². The Labute approximate surface area is 95.0 Å². The summed E-state index contributed by atoms with van der Waals surface area (Å²) in [6.07, 6.45) is 1.71. The maximum absolute atomic E-state index is 11.9. The Morgan fingerprint density at radius 3 is 3.00 bits per heavy atom. The normalized spacial score (nSPS) is 13.5. The Balaban J connectivity index is 2.32. The lowest BCUT2D eigenvalue weighted by atomic mass is 10.3. The maximum Gasteiger partial charge on any atom is 0.183 e. The number of fused-ring (bicyclic) bond motifs is 1. The quantitative estimate of drug-likeness (QED) is 0.827. The molecule has 0 spiro atoms. The van der Waals surface area contributed by atoms with E-state index in [0.29, 0.717) is 21.7 Å². The van der Waals surface area contributed by atoms with Crippen LogP contribution in [0.4, 0.5) is 0 Å². The summed E-state index contributed by atoms with van der Waals surface area (Å²) in [5, 5.41) is 0. The lowest BCUT2D eigenvalue weighted by Gasteiger charge is -2.00. The third kappa shape index (κ3) is 2.41. The molecule has 0 N–H and O–H groups in total. The first-order chi connectivity index (χ1) is 7.16. The van der Waals surface area contributed by atoms with E-state index in [9.17, 15) is 4.21 Å². The molecular formula is C10H12N2OS2. The second-order valence-corrected chi connectivity index (χ2v) is 6.41. The third-order valence-corrected chi connectivity index (χ3v) is 4.89. The van der Waals surface area contributed by atoms with Gasteiger partial charge in [-0.05, 0) is 18.1 Å². The summed E-state index contributed by atoms with van der Waals surface area (Å²) in [5.74, 6) is 1.09. The van der Waals surface area contributed by atoms with E-state index in [-0.39, 0.29) is 0 Å². The molecule has 0 aliphatic heterocycles. The molecule has 0 saturated carbocycles. The van der Waals surface area contributed by atoms with Crippen LogP contribution in [-0.4, -0.2) is 19.9 Å². The number of rotatable bonds is 3. The molecule has 15 heavy (non-hydrogen) atoms. The average molecular weight is 240 g/mol. The zero-order valence-corrected chi connectivity index (χ0v) is 10.3. The topological polar surface area (TPSA) is 42.9 Å². The first kappa shape index (κ1) is 10.7. The summed E-state index contributed by atoms with van der Waals surface area (Å²) in [6.45, 7) is 4.12. The smallest absolute Gasteiger partial charge is 0.183 e. The standard InChI is InChI=1S/C10H12N2OS2/c1-7(2)6-15(13)10-12-9-8(14-10)4-3-5-11-9/h3-5,7H,6H2,1-2H3/t15-/m1/s1. The number of pyridine rings is 1. The van der Waals surface area contributed by atoms with Crippen molar-refractivity contribution in [3.63, 3.8) is 0 Å². The first-order valence-corrected chi connectivity index (χ1v) is 6.90. The predicted molar refractivity (Wildman–Crippen MR) is 63.5 cm³/mol. The van der Waals surface area contributed by atoms with Crippen LogP contribution in [0.5, 0.6) is 0 Å². The molecule has 2 heterocycles. The fourth-order valence-electron chi connectivity index (χ4n) is 1.22. The van der Waals surface area contributed by atoms with Gasteiger partial charge in [0.25, 0.3) is 0 Å². The highest BCUT2D eigenvalue weighted by Crippen LogP contribution is 2.23. The highest BCUT2D eigenvalue weighted by Gasteiger charge is 2.12. The fraction of sp³-hybridized carbons (Fsp3) is 0.400. The van der Waals surface area contributed by atoms with Gasteiger partial charge in [-0.15, -0.1) is 11.3 Å². The molecule has 0 bridgehead atoms. The number of hydrogen-bond acceptors (Lipinski definition) is 4. The lowest BCUT2D eigenvalue weighted by molar-refractivity contribution is 0.664. The second-order valence-electron chi connectivity index (χ2n) is 3.71. The van der Waals surface area contributed by atoms with Crippen molar-refractivity contribution in [3.05, 3.63) is 18.3 Å². The second kappa shape index (κ2) is 4.37. The third-order valence-electron chi connectivity index (χ3n) is 1.82. The van der Waals surface area contributed by atoms with Crippen molar-refractivity contribution >= 4 is 32.5 Å². The minimum Gasteiger partial charge on any atom is -0.252 e. The average Bonchev–Trinajstić information content (AvgIpc) is 2.59. The highest BCUT2D eigenvalue weighted by atomic mass is 32.2. The van der Waals surface area contributed by atoms with Crippen LogP contribution in [-0.2, 0) is 10.8 Å². The minimum absolute atomic E-state index is 0.422. The van der Waals surface area contributed by atoms with Crippen LogP contribution in [0.25, 0.3) is 10.3 Å². The molecule has 0 amide bonds. The van der Waals surface area contributed by atoms with Gasteiger partial charge < -0.3 is 0 Å². The number of hydrogen-bond donors (Lipinski definition) is 0. The van der Waals surface area contributed by atoms with E-state index in [1.54, 1.807) is 6.20 Å². The molecule has 2 aromatic rings. The summed E-state index contributed by atoms with van der Waals surface area (Å²) in [6, 6.07) is 3.83. The molecule has 0 unspecified atom stereocenters. The maximum atomic E-state index is 11.9. The van der Waals surface area contributed by atoms with Crippen molar-refractivity contribution in [2.75, 3.05) is 5.75 Å². The zero-order chi connectivity index (χ0) is 10.8. The SMILES string of the molecule is CC(C)C[S@@](=O)c1nc2ncccc2s1. The van der Waals surface area contributed by atoms with Gasteiger partial charge in [-0.1, -0.05) is 13.8 Å². The van der Waals surface area contributed by atoms with E-state index in [4.69, 9.17) is 0 Å². The van der Waals surface area contributed by atoms with Gasteiger partial charge in [0, 0.05) is 11.9 Å². The van der Waals surface area contributed by atoms with Crippen LogP contribution < -0.4 is 0 Å². The highest BCUT2D eigenvalue weighted by molar-refractivity contribution is 7.87. The van der Waals surface area contributed by atoms with E-state index in [1.807, 2.05) is 12.1 Å². The van der Waals surface area contributed by atoms with Gasteiger partial charge in [0.2, 0.25) is 0 Å². The molecule has 0 saturated heterocycles. The minimum atomic E-state index is -0.979. The number of thiazole rings is 1. The van der Waals surface area contributed by atoms with Gasteiger partial charge in [0.05, 0.1) is 15.5 Å². The molecule has 0 radical (unpaired) electrons. The van der Waals surface area contributed by atoms with Gasteiger partial charge >= 0.3 is 0 Å². The van der Waals surface area contributed by atoms with Crippen molar-refractivity contribution in [2.24, 2.45) is 5.92 Å². The van der Waals surface area contributed by atoms with Gasteiger partial charge in [-0.3, -0.25) is 4.21 Å². The van der Waals surface area contributed by atoms with E-state index >= 15 is 0 Å². The molecule has 1 atom stereocenters. The van der Waals surface area contributed by atoms with Crippen LogP contribution in [0.1, 0.15) is 13.8 Å². The van der Waals surface area contributed by atoms with Crippen molar-refractivity contribution < 1.29 is 4.21 Å². The first-order valence-electron chi connectivity index (χ1n) is 4.77. The summed E-state index contributed by atoms with van der Waals surface area (Å²) in [5.41, 5.74) is 0.703.